The molecular formula is C10H11FN2O. The number of nitriles is 1. The molecule has 1 aromatic rings. The highest BCUT2D eigenvalue weighted by molar-refractivity contribution is 5.47. The minimum absolute atomic E-state index is 0.333. The van der Waals surface area contributed by atoms with Gasteiger partial charge < -0.3 is 10.4 Å². The molecule has 0 aliphatic rings. The number of aliphatic hydroxyl groups is 1. The molecule has 1 rings (SSSR count). The fraction of sp³-hybridized carbons (Fsp3) is 0.300. The maximum Gasteiger partial charge on any atom is 0.145 e. The molecule has 1 aromatic carbocycles. The first-order valence-corrected chi connectivity index (χ1v) is 4.15. The molecule has 0 bridgehead atoms. The summed E-state index contributed by atoms with van der Waals surface area (Å²) in [5.41, 5.74) is -0.601. The van der Waals surface area contributed by atoms with Gasteiger partial charge in [0.15, 0.2) is 0 Å². The van der Waals surface area contributed by atoms with Crippen molar-refractivity contribution in [1.82, 2.24) is 0 Å². The van der Waals surface area contributed by atoms with Gasteiger partial charge >= 0.3 is 0 Å². The summed E-state index contributed by atoms with van der Waals surface area (Å²) >= 11 is 0. The lowest BCUT2D eigenvalue weighted by atomic mass is 10.1. The molecule has 0 heterocycles. The third-order valence-electron chi connectivity index (χ3n) is 1.81. The lowest BCUT2D eigenvalue weighted by Crippen LogP contribution is -2.36. The molecule has 0 saturated heterocycles. The van der Waals surface area contributed by atoms with Crippen LogP contribution in [0.1, 0.15) is 6.92 Å². The van der Waals surface area contributed by atoms with E-state index in [0.717, 1.165) is 0 Å². The monoisotopic (exact) mass is 194 g/mol. The van der Waals surface area contributed by atoms with Gasteiger partial charge in [-0.15, -0.1) is 0 Å². The maximum atomic E-state index is 12.8. The topological polar surface area (TPSA) is 56.0 Å². The normalized spacial score (nSPS) is 14.1. The highest BCUT2D eigenvalue weighted by atomic mass is 19.1. The smallest absolute Gasteiger partial charge is 0.145 e. The number of nitrogens with zero attached hydrogens (tertiary/aromatic N) is 1. The van der Waals surface area contributed by atoms with Crippen LogP contribution < -0.4 is 5.32 Å². The van der Waals surface area contributed by atoms with Gasteiger partial charge in [0.25, 0.3) is 0 Å². The van der Waals surface area contributed by atoms with Crippen molar-refractivity contribution in [2.24, 2.45) is 0 Å². The summed E-state index contributed by atoms with van der Waals surface area (Å²) in [5.74, 6) is -0.381. The van der Waals surface area contributed by atoms with Crippen LogP contribution in [0.5, 0.6) is 0 Å². The minimum atomic E-state index is -1.08. The number of hydrogen-bond donors (Lipinski definition) is 2. The summed E-state index contributed by atoms with van der Waals surface area (Å²) < 4.78 is 12.8. The number of rotatable bonds is 3. The summed E-state index contributed by atoms with van der Waals surface area (Å²) in [4.78, 5) is 0. The van der Waals surface area contributed by atoms with E-state index in [-0.39, 0.29) is 12.4 Å². The van der Waals surface area contributed by atoms with Crippen molar-refractivity contribution < 1.29 is 9.50 Å². The summed E-state index contributed by atoms with van der Waals surface area (Å²) in [6.07, 6.45) is 0. The number of benzene rings is 1. The number of anilines is 1. The Balaban J connectivity index is 2.84. The van der Waals surface area contributed by atoms with Crippen LogP contribution >= 0.6 is 0 Å². The van der Waals surface area contributed by atoms with Crippen molar-refractivity contribution in [3.05, 3.63) is 30.1 Å². The Morgan fingerprint density at radius 3 is 2.86 bits per heavy atom. The van der Waals surface area contributed by atoms with Crippen LogP contribution in [0.2, 0.25) is 0 Å². The van der Waals surface area contributed by atoms with E-state index in [2.05, 4.69) is 5.32 Å². The summed E-state index contributed by atoms with van der Waals surface area (Å²) in [6, 6.07) is 7.66. The molecule has 3 nitrogen and oxygen atoms in total. The van der Waals surface area contributed by atoms with E-state index >= 15 is 0 Å². The molecule has 0 spiro atoms. The van der Waals surface area contributed by atoms with Crippen LogP contribution in [0.15, 0.2) is 24.3 Å². The second-order valence-corrected chi connectivity index (χ2v) is 3.24. The Hall–Kier alpha value is -1.60. The number of halogens is 1. The predicted octanol–water partition coefficient (Wildman–Crippen LogP) is 1.51. The van der Waals surface area contributed by atoms with Gasteiger partial charge in [-0.3, -0.25) is 0 Å². The van der Waals surface area contributed by atoms with Crippen molar-refractivity contribution in [3.63, 3.8) is 0 Å². The molecule has 0 aromatic heterocycles. The quantitative estimate of drug-likeness (QED) is 0.766. The molecule has 1 unspecified atom stereocenters. The average Bonchev–Trinajstić information content (AvgIpc) is 2.18. The van der Waals surface area contributed by atoms with Crippen LogP contribution in [0.3, 0.4) is 0 Å². The highest BCUT2D eigenvalue weighted by Gasteiger charge is 2.21. The van der Waals surface area contributed by atoms with Crippen molar-refractivity contribution >= 4 is 5.69 Å². The fourth-order valence-corrected chi connectivity index (χ4v) is 0.988. The zero-order chi connectivity index (χ0) is 10.6. The van der Waals surface area contributed by atoms with Crippen molar-refractivity contribution in [2.45, 2.75) is 12.5 Å². The van der Waals surface area contributed by atoms with Crippen LogP contribution in [-0.2, 0) is 0 Å². The third kappa shape index (κ3) is 2.44. The largest absolute Gasteiger partial charge is 0.393 e. The van der Waals surface area contributed by atoms with Crippen molar-refractivity contribution in [3.8, 4) is 6.07 Å². The van der Waals surface area contributed by atoms with Crippen molar-refractivity contribution in [2.75, 3.05) is 11.9 Å². The molecule has 1 atom stereocenters. The van der Waals surface area contributed by atoms with Gasteiger partial charge in [0, 0.05) is 5.69 Å². The number of hydrogen-bond acceptors (Lipinski definition) is 3. The van der Waals surface area contributed by atoms with Gasteiger partial charge in [-0.2, -0.15) is 5.26 Å². The summed E-state index contributed by atoms with van der Waals surface area (Å²) in [5, 5.41) is 20.4. The van der Waals surface area contributed by atoms with E-state index < -0.39 is 5.54 Å². The first-order chi connectivity index (χ1) is 6.59. The van der Waals surface area contributed by atoms with Gasteiger partial charge in [0.05, 0.1) is 12.7 Å². The van der Waals surface area contributed by atoms with Gasteiger partial charge in [-0.1, -0.05) is 6.07 Å². The standard InChI is InChI=1S/C10H11FN2O/c1-10(6-12,7-14)13-9-4-2-3-8(11)5-9/h2-5,13-14H,7H2,1H3. The first-order valence-electron chi connectivity index (χ1n) is 4.15. The zero-order valence-corrected chi connectivity index (χ0v) is 7.79. The van der Waals surface area contributed by atoms with E-state index in [1.165, 1.54) is 25.1 Å². The maximum absolute atomic E-state index is 12.8. The molecule has 0 saturated carbocycles. The molecule has 14 heavy (non-hydrogen) atoms. The molecular weight excluding hydrogens is 183 g/mol. The molecule has 4 heteroatoms. The molecule has 74 valence electrons. The van der Waals surface area contributed by atoms with Crippen LogP contribution in [0.4, 0.5) is 10.1 Å². The highest BCUT2D eigenvalue weighted by Crippen LogP contribution is 2.15. The van der Waals surface area contributed by atoms with Crippen molar-refractivity contribution in [1.29, 1.82) is 5.26 Å². The Morgan fingerprint density at radius 1 is 1.64 bits per heavy atom. The second kappa shape index (κ2) is 4.07. The Kier molecular flexibility index (Phi) is 3.05. The Labute approximate surface area is 81.8 Å². The van der Waals surface area contributed by atoms with E-state index in [1.807, 2.05) is 6.07 Å². The number of nitrogens with one attached hydrogen (secondary N) is 1. The van der Waals surface area contributed by atoms with Gasteiger partial charge in [0.1, 0.15) is 11.4 Å². The van der Waals surface area contributed by atoms with Gasteiger partial charge in [-0.05, 0) is 25.1 Å². The third-order valence-corrected chi connectivity index (χ3v) is 1.81. The lowest BCUT2D eigenvalue weighted by Gasteiger charge is -2.21. The zero-order valence-electron chi connectivity index (χ0n) is 7.79. The molecule has 2 N–H and O–H groups in total. The molecule has 0 aliphatic carbocycles. The Morgan fingerprint density at radius 2 is 2.36 bits per heavy atom. The predicted molar refractivity (Wildman–Crippen MR) is 51.1 cm³/mol. The fourth-order valence-electron chi connectivity index (χ4n) is 0.988. The first kappa shape index (κ1) is 10.5. The van der Waals surface area contributed by atoms with Crippen LogP contribution in [-0.4, -0.2) is 17.3 Å². The summed E-state index contributed by atoms with van der Waals surface area (Å²) in [6.45, 7) is 1.21. The van der Waals surface area contributed by atoms with Crippen LogP contribution in [0, 0.1) is 17.1 Å². The SMILES string of the molecule is CC(C#N)(CO)Nc1cccc(F)c1. The number of aliphatic hydroxyl groups excluding tert-OH is 1. The van der Waals surface area contributed by atoms with E-state index in [1.54, 1.807) is 6.07 Å². The van der Waals surface area contributed by atoms with E-state index in [4.69, 9.17) is 10.4 Å². The lowest BCUT2D eigenvalue weighted by molar-refractivity contribution is 0.253. The summed E-state index contributed by atoms with van der Waals surface area (Å²) in [7, 11) is 0. The Bertz CT molecular complexity index is 361. The van der Waals surface area contributed by atoms with E-state index in [0.29, 0.717) is 5.69 Å². The van der Waals surface area contributed by atoms with E-state index in [9.17, 15) is 4.39 Å². The minimum Gasteiger partial charge on any atom is -0.393 e. The molecule has 0 radical (unpaired) electrons. The van der Waals surface area contributed by atoms with Gasteiger partial charge in [0.2, 0.25) is 0 Å². The van der Waals surface area contributed by atoms with Gasteiger partial charge in [-0.25, -0.2) is 4.39 Å². The molecule has 0 aliphatic heterocycles. The average molecular weight is 194 g/mol. The second-order valence-electron chi connectivity index (χ2n) is 3.24. The van der Waals surface area contributed by atoms with Crippen LogP contribution in [0.25, 0.3) is 0 Å². The molecule has 0 fully saturated rings. The molecule has 0 amide bonds.